The molecule has 15 heavy (non-hydrogen) atoms. The average molecular weight is 210 g/mol. The van der Waals surface area contributed by atoms with E-state index in [4.69, 9.17) is 4.84 Å². The molecule has 0 saturated heterocycles. The lowest BCUT2D eigenvalue weighted by Gasteiger charge is -2.05. The number of amidine groups is 1. The molecule has 1 aliphatic rings. The molecule has 1 aromatic heterocycles. The van der Waals surface area contributed by atoms with E-state index in [0.717, 1.165) is 0 Å². The van der Waals surface area contributed by atoms with E-state index in [2.05, 4.69) is 20.4 Å². The van der Waals surface area contributed by atoms with Gasteiger partial charge in [0.25, 0.3) is 5.56 Å². The Hall–Kier alpha value is -1.89. The third kappa shape index (κ3) is 1.68. The van der Waals surface area contributed by atoms with Gasteiger partial charge in [-0.25, -0.2) is 14.8 Å². The summed E-state index contributed by atoms with van der Waals surface area (Å²) in [5.74, 6) is 0.187. The molecule has 1 aromatic rings. The normalized spacial score (nSPS) is 19.8. The predicted molar refractivity (Wildman–Crippen MR) is 51.2 cm³/mol. The minimum Gasteiger partial charge on any atom is -0.502 e. The lowest BCUT2D eigenvalue weighted by Crippen LogP contribution is -2.16. The van der Waals surface area contributed by atoms with Crippen LogP contribution in [-0.2, 0) is 4.84 Å². The van der Waals surface area contributed by atoms with Gasteiger partial charge in [0.1, 0.15) is 11.5 Å². The molecular weight excluding hydrogens is 200 g/mol. The quantitative estimate of drug-likeness (QED) is 0.628. The number of aliphatic imine (C=N–C) groups is 1. The Kier molecular flexibility index (Phi) is 2.38. The van der Waals surface area contributed by atoms with Crippen molar-refractivity contribution in [3.8, 4) is 5.75 Å². The maximum Gasteiger partial charge on any atom is 0.293 e. The van der Waals surface area contributed by atoms with E-state index in [1.54, 1.807) is 0 Å². The van der Waals surface area contributed by atoms with E-state index < -0.39 is 17.5 Å². The molecule has 0 spiro atoms. The molecule has 0 saturated carbocycles. The van der Waals surface area contributed by atoms with Crippen molar-refractivity contribution in [1.29, 1.82) is 0 Å². The van der Waals surface area contributed by atoms with Crippen molar-refractivity contribution in [2.45, 2.75) is 19.6 Å². The number of nitrogens with one attached hydrogen (secondary N) is 2. The van der Waals surface area contributed by atoms with Gasteiger partial charge in [-0.2, -0.15) is 0 Å². The number of hydroxylamine groups is 1. The zero-order chi connectivity index (χ0) is 10.8. The topological polar surface area (TPSA) is 99.6 Å². The molecule has 2 heterocycles. The second-order valence-corrected chi connectivity index (χ2v) is 2.97. The fraction of sp³-hybridized carbons (Fsp3) is 0.375. The Morgan fingerprint density at radius 1 is 1.67 bits per heavy atom. The van der Waals surface area contributed by atoms with Crippen molar-refractivity contribution in [3.05, 3.63) is 22.4 Å². The number of rotatable bonds is 2. The number of hydrogen-bond donors (Lipinski definition) is 3. The number of nitrogens with zero attached hydrogens (tertiary/aromatic N) is 2. The van der Waals surface area contributed by atoms with E-state index in [9.17, 15) is 9.90 Å². The number of H-pyrrole nitrogens is 1. The number of hydrogen-bond acceptors (Lipinski definition) is 6. The van der Waals surface area contributed by atoms with Crippen molar-refractivity contribution < 1.29 is 9.94 Å². The lowest BCUT2D eigenvalue weighted by molar-refractivity contribution is 0.0327. The van der Waals surface area contributed by atoms with Gasteiger partial charge in [0.15, 0.2) is 0 Å². The van der Waals surface area contributed by atoms with E-state index in [1.807, 2.05) is 6.92 Å². The van der Waals surface area contributed by atoms with Gasteiger partial charge in [-0.05, 0) is 0 Å². The fourth-order valence-corrected chi connectivity index (χ4v) is 1.19. The van der Waals surface area contributed by atoms with Gasteiger partial charge in [0.05, 0.1) is 6.33 Å². The van der Waals surface area contributed by atoms with Gasteiger partial charge < -0.3 is 10.1 Å². The summed E-state index contributed by atoms with van der Waals surface area (Å²) >= 11 is 0. The highest BCUT2D eigenvalue weighted by Gasteiger charge is 2.24. The molecule has 0 aliphatic carbocycles. The molecule has 0 fully saturated rings. The van der Waals surface area contributed by atoms with Crippen LogP contribution in [0.3, 0.4) is 0 Å². The van der Waals surface area contributed by atoms with E-state index in [-0.39, 0.29) is 5.69 Å². The summed E-state index contributed by atoms with van der Waals surface area (Å²) in [7, 11) is 0. The summed E-state index contributed by atoms with van der Waals surface area (Å²) in [4.78, 5) is 26.3. The first-order chi connectivity index (χ1) is 7.22. The Morgan fingerprint density at radius 3 is 3.13 bits per heavy atom. The van der Waals surface area contributed by atoms with Crippen LogP contribution in [0.4, 0.5) is 0 Å². The average Bonchev–Trinajstić information content (AvgIpc) is 2.70. The molecular formula is C8H10N4O3. The molecule has 0 amide bonds. The van der Waals surface area contributed by atoms with Gasteiger partial charge in [0, 0.05) is 6.42 Å². The van der Waals surface area contributed by atoms with Gasteiger partial charge >= 0.3 is 0 Å². The first kappa shape index (κ1) is 9.66. The van der Waals surface area contributed by atoms with Crippen LogP contribution in [0.1, 0.15) is 25.3 Å². The minimum absolute atomic E-state index is 0.106. The molecule has 1 atom stereocenters. The van der Waals surface area contributed by atoms with Crippen molar-refractivity contribution >= 4 is 5.84 Å². The summed E-state index contributed by atoms with van der Waals surface area (Å²) in [6, 6.07) is 0. The summed E-state index contributed by atoms with van der Waals surface area (Å²) in [6.45, 7) is 1.91. The second-order valence-electron chi connectivity index (χ2n) is 2.97. The van der Waals surface area contributed by atoms with Gasteiger partial charge in [-0.3, -0.25) is 10.3 Å². The van der Waals surface area contributed by atoms with E-state index in [1.165, 1.54) is 6.33 Å². The Morgan fingerprint density at radius 2 is 2.47 bits per heavy atom. The fourth-order valence-electron chi connectivity index (χ4n) is 1.19. The molecule has 7 nitrogen and oxygen atoms in total. The molecule has 2 rings (SSSR count). The summed E-state index contributed by atoms with van der Waals surface area (Å²) in [5, 5.41) is 9.43. The zero-order valence-corrected chi connectivity index (χ0v) is 8.02. The summed E-state index contributed by atoms with van der Waals surface area (Å²) < 4.78 is 0. The second kappa shape index (κ2) is 3.70. The van der Waals surface area contributed by atoms with Crippen LogP contribution in [-0.4, -0.2) is 20.9 Å². The van der Waals surface area contributed by atoms with Crippen molar-refractivity contribution in [2.24, 2.45) is 4.99 Å². The van der Waals surface area contributed by atoms with Crippen molar-refractivity contribution in [3.63, 3.8) is 0 Å². The standard InChI is InChI=1S/C8H10N4O3/c1-2-4-11-8(15-12-4)5-6(13)7(14)10-3-9-5/h3,8,13H,2H2,1H3,(H,11,12)(H,9,10,14). The predicted octanol–water partition coefficient (Wildman–Crippen LogP) is -0.183. The molecule has 7 heteroatoms. The Labute approximate surface area is 84.8 Å². The van der Waals surface area contributed by atoms with Gasteiger partial charge in [0.2, 0.25) is 12.0 Å². The highest BCUT2D eigenvalue weighted by atomic mass is 16.7. The summed E-state index contributed by atoms with van der Waals surface area (Å²) in [5.41, 5.74) is 2.09. The smallest absolute Gasteiger partial charge is 0.293 e. The van der Waals surface area contributed by atoms with Crippen LogP contribution in [0.25, 0.3) is 0 Å². The third-order valence-corrected chi connectivity index (χ3v) is 1.99. The highest BCUT2D eigenvalue weighted by Crippen LogP contribution is 2.24. The molecule has 1 unspecified atom stereocenters. The van der Waals surface area contributed by atoms with E-state index >= 15 is 0 Å². The highest BCUT2D eigenvalue weighted by molar-refractivity contribution is 5.82. The van der Waals surface area contributed by atoms with Crippen LogP contribution >= 0.6 is 0 Å². The number of aromatic amines is 1. The summed E-state index contributed by atoms with van der Waals surface area (Å²) in [6.07, 6.45) is 1.11. The zero-order valence-electron chi connectivity index (χ0n) is 8.02. The van der Waals surface area contributed by atoms with Crippen molar-refractivity contribution in [2.75, 3.05) is 0 Å². The first-order valence-electron chi connectivity index (χ1n) is 4.47. The number of aromatic hydroxyl groups is 1. The van der Waals surface area contributed by atoms with Crippen LogP contribution in [0.2, 0.25) is 0 Å². The van der Waals surface area contributed by atoms with Crippen LogP contribution in [0, 0.1) is 0 Å². The largest absolute Gasteiger partial charge is 0.502 e. The number of aromatic nitrogens is 2. The maximum absolute atomic E-state index is 11.1. The molecule has 0 radical (unpaired) electrons. The molecule has 0 bridgehead atoms. The molecule has 0 aromatic carbocycles. The maximum atomic E-state index is 11.1. The van der Waals surface area contributed by atoms with Crippen molar-refractivity contribution in [1.82, 2.24) is 15.4 Å². The van der Waals surface area contributed by atoms with E-state index in [0.29, 0.717) is 12.3 Å². The third-order valence-electron chi connectivity index (χ3n) is 1.99. The lowest BCUT2D eigenvalue weighted by atomic mass is 10.3. The minimum atomic E-state index is -0.762. The monoisotopic (exact) mass is 210 g/mol. The Bertz CT molecular complexity index is 453. The van der Waals surface area contributed by atoms with Gasteiger partial charge in [-0.1, -0.05) is 6.92 Å². The molecule has 1 aliphatic heterocycles. The van der Waals surface area contributed by atoms with Gasteiger partial charge in [-0.15, -0.1) is 0 Å². The van der Waals surface area contributed by atoms with Crippen LogP contribution in [0.5, 0.6) is 5.75 Å². The molecule has 3 N–H and O–H groups in total. The first-order valence-corrected chi connectivity index (χ1v) is 4.47. The Balaban J connectivity index is 2.36. The van der Waals surface area contributed by atoms with Crippen LogP contribution < -0.4 is 11.0 Å². The van der Waals surface area contributed by atoms with Crippen LogP contribution in [0.15, 0.2) is 16.1 Å². The SMILES string of the molecule is CCC1=NC(c2nc[nH]c(=O)c2O)ON1. The molecule has 80 valence electrons.